The molecule has 1 unspecified atom stereocenters. The Morgan fingerprint density at radius 2 is 1.64 bits per heavy atom. The van der Waals surface area contributed by atoms with Crippen LogP contribution in [-0.2, 0) is 20.7 Å². The maximum Gasteiger partial charge on any atom is 0.338 e. The Kier molecular flexibility index (Phi) is 6.92. The van der Waals surface area contributed by atoms with Crippen molar-refractivity contribution in [1.82, 2.24) is 0 Å². The standard InChI is InChI=1S/C29H27NO6/c1-4-18-8-10-20(11-9-18)26(32)24-25(19-12-14-23(31)15-13-19)30(28(34)27(24)33)22-7-5-6-21(16-22)29(35)36-17(2)3/h5-17,25,31-32H,4H2,1-3H3/b26-24+. The molecule has 3 aromatic carbocycles. The molecule has 1 amide bonds. The van der Waals surface area contributed by atoms with Gasteiger partial charge in [-0.05, 0) is 61.7 Å². The molecule has 0 radical (unpaired) electrons. The number of phenols is 1. The maximum absolute atomic E-state index is 13.3. The first-order valence-electron chi connectivity index (χ1n) is 11.7. The van der Waals surface area contributed by atoms with Gasteiger partial charge < -0.3 is 14.9 Å². The lowest BCUT2D eigenvalue weighted by molar-refractivity contribution is -0.132. The van der Waals surface area contributed by atoms with Crippen LogP contribution in [0.15, 0.2) is 78.4 Å². The highest BCUT2D eigenvalue weighted by Crippen LogP contribution is 2.42. The van der Waals surface area contributed by atoms with E-state index in [0.29, 0.717) is 16.8 Å². The number of rotatable bonds is 6. The lowest BCUT2D eigenvalue weighted by Gasteiger charge is -2.26. The van der Waals surface area contributed by atoms with Gasteiger partial charge >= 0.3 is 5.97 Å². The van der Waals surface area contributed by atoms with E-state index < -0.39 is 23.7 Å². The van der Waals surface area contributed by atoms with Gasteiger partial charge in [0, 0.05) is 11.3 Å². The number of benzene rings is 3. The molecular weight excluding hydrogens is 458 g/mol. The maximum atomic E-state index is 13.3. The lowest BCUT2D eigenvalue weighted by atomic mass is 9.94. The zero-order chi connectivity index (χ0) is 26.0. The second kappa shape index (κ2) is 10.1. The number of Topliss-reactive ketones (excluding diaryl/α,β-unsaturated/α-hetero) is 1. The molecule has 2 N–H and O–H groups in total. The van der Waals surface area contributed by atoms with Crippen molar-refractivity contribution in [3.8, 4) is 5.75 Å². The molecule has 1 fully saturated rings. The smallest absolute Gasteiger partial charge is 0.338 e. The van der Waals surface area contributed by atoms with Crippen LogP contribution in [-0.4, -0.2) is 34.0 Å². The van der Waals surface area contributed by atoms with Crippen molar-refractivity contribution in [2.45, 2.75) is 39.3 Å². The summed E-state index contributed by atoms with van der Waals surface area (Å²) in [5.41, 5.74) is 2.42. The summed E-state index contributed by atoms with van der Waals surface area (Å²) in [6.45, 7) is 5.48. The molecule has 0 aromatic heterocycles. The SMILES string of the molecule is CCc1ccc(/C(O)=C2\C(=O)C(=O)N(c3cccc(C(=O)OC(C)C)c3)C2c2ccc(O)cc2)cc1. The molecule has 0 bridgehead atoms. The van der Waals surface area contributed by atoms with Crippen LogP contribution in [0.3, 0.4) is 0 Å². The van der Waals surface area contributed by atoms with Gasteiger partial charge in [0.1, 0.15) is 11.5 Å². The van der Waals surface area contributed by atoms with E-state index in [0.717, 1.165) is 12.0 Å². The average Bonchev–Trinajstić information content (AvgIpc) is 3.14. The number of phenolic OH excluding ortho intramolecular Hbond substituents is 1. The van der Waals surface area contributed by atoms with Crippen molar-refractivity contribution >= 4 is 29.1 Å². The third kappa shape index (κ3) is 4.73. The quantitative estimate of drug-likeness (QED) is 0.217. The number of aliphatic hydroxyl groups is 1. The van der Waals surface area contributed by atoms with Crippen molar-refractivity contribution in [1.29, 1.82) is 0 Å². The number of carbonyl (C=O) groups is 3. The van der Waals surface area contributed by atoms with E-state index in [4.69, 9.17) is 4.74 Å². The number of ketones is 1. The van der Waals surface area contributed by atoms with Gasteiger partial charge in [-0.15, -0.1) is 0 Å². The third-order valence-electron chi connectivity index (χ3n) is 5.99. The Labute approximate surface area is 209 Å². The number of aryl methyl sites for hydroxylation is 1. The molecule has 1 aliphatic heterocycles. The highest BCUT2D eigenvalue weighted by Gasteiger charge is 2.47. The Bertz CT molecular complexity index is 1340. The largest absolute Gasteiger partial charge is 0.508 e. The number of ether oxygens (including phenoxy) is 1. The fourth-order valence-corrected chi connectivity index (χ4v) is 4.19. The van der Waals surface area contributed by atoms with Crippen LogP contribution in [0, 0.1) is 0 Å². The minimum atomic E-state index is -0.979. The van der Waals surface area contributed by atoms with Crippen LogP contribution >= 0.6 is 0 Å². The minimum absolute atomic E-state index is 0.0179. The Morgan fingerprint density at radius 3 is 2.25 bits per heavy atom. The number of hydrogen-bond donors (Lipinski definition) is 2. The molecule has 1 atom stereocenters. The summed E-state index contributed by atoms with van der Waals surface area (Å²) in [6.07, 6.45) is 0.487. The summed E-state index contributed by atoms with van der Waals surface area (Å²) in [4.78, 5) is 40.4. The second-order valence-electron chi connectivity index (χ2n) is 8.82. The minimum Gasteiger partial charge on any atom is -0.508 e. The van der Waals surface area contributed by atoms with E-state index in [9.17, 15) is 24.6 Å². The summed E-state index contributed by atoms with van der Waals surface area (Å²) in [5, 5.41) is 21.0. The molecule has 7 heteroatoms. The zero-order valence-corrected chi connectivity index (χ0v) is 20.3. The topological polar surface area (TPSA) is 104 Å². The van der Waals surface area contributed by atoms with Gasteiger partial charge in [0.15, 0.2) is 0 Å². The van der Waals surface area contributed by atoms with Crippen LogP contribution in [0.2, 0.25) is 0 Å². The predicted molar refractivity (Wildman–Crippen MR) is 136 cm³/mol. The van der Waals surface area contributed by atoms with E-state index in [1.807, 2.05) is 19.1 Å². The summed E-state index contributed by atoms with van der Waals surface area (Å²) >= 11 is 0. The Hall–Kier alpha value is -4.39. The van der Waals surface area contributed by atoms with Crippen LogP contribution in [0.1, 0.15) is 53.9 Å². The first kappa shape index (κ1) is 24.7. The summed E-state index contributed by atoms with van der Waals surface area (Å²) in [7, 11) is 0. The van der Waals surface area contributed by atoms with E-state index in [1.165, 1.54) is 23.1 Å². The van der Waals surface area contributed by atoms with Crippen LogP contribution in [0.25, 0.3) is 5.76 Å². The molecule has 7 nitrogen and oxygen atoms in total. The average molecular weight is 486 g/mol. The number of aliphatic hydroxyl groups excluding tert-OH is 1. The Balaban J connectivity index is 1.87. The summed E-state index contributed by atoms with van der Waals surface area (Å²) < 4.78 is 5.28. The third-order valence-corrected chi connectivity index (χ3v) is 5.99. The zero-order valence-electron chi connectivity index (χ0n) is 20.3. The van der Waals surface area contributed by atoms with E-state index in [-0.39, 0.29) is 28.7 Å². The van der Waals surface area contributed by atoms with Crippen molar-refractivity contribution < 1.29 is 29.3 Å². The van der Waals surface area contributed by atoms with Crippen LogP contribution < -0.4 is 4.90 Å². The molecule has 1 aliphatic rings. The number of amides is 1. The molecular formula is C29H27NO6. The van der Waals surface area contributed by atoms with Gasteiger partial charge in [-0.25, -0.2) is 4.79 Å². The van der Waals surface area contributed by atoms with Gasteiger partial charge in [0.2, 0.25) is 0 Å². The van der Waals surface area contributed by atoms with Crippen LogP contribution in [0.5, 0.6) is 5.75 Å². The molecule has 3 aromatic rings. The number of anilines is 1. The van der Waals surface area contributed by atoms with Crippen molar-refractivity contribution in [2.75, 3.05) is 4.90 Å². The van der Waals surface area contributed by atoms with Gasteiger partial charge in [0.05, 0.1) is 23.3 Å². The molecule has 0 aliphatic carbocycles. The van der Waals surface area contributed by atoms with Crippen molar-refractivity contribution in [3.63, 3.8) is 0 Å². The normalized spacial score (nSPS) is 17.0. The molecule has 0 spiro atoms. The first-order chi connectivity index (χ1) is 17.2. The lowest BCUT2D eigenvalue weighted by Crippen LogP contribution is -2.29. The monoisotopic (exact) mass is 485 g/mol. The predicted octanol–water partition coefficient (Wildman–Crippen LogP) is 5.15. The number of aromatic hydroxyl groups is 1. The van der Waals surface area contributed by atoms with Crippen molar-refractivity contribution in [2.24, 2.45) is 0 Å². The van der Waals surface area contributed by atoms with E-state index >= 15 is 0 Å². The highest BCUT2D eigenvalue weighted by molar-refractivity contribution is 6.51. The Morgan fingerprint density at radius 1 is 0.972 bits per heavy atom. The first-order valence-corrected chi connectivity index (χ1v) is 11.7. The molecule has 4 rings (SSSR count). The summed E-state index contributed by atoms with van der Waals surface area (Å²) in [5.74, 6) is -2.52. The molecule has 184 valence electrons. The number of hydrogen-bond acceptors (Lipinski definition) is 6. The molecule has 36 heavy (non-hydrogen) atoms. The van der Waals surface area contributed by atoms with Gasteiger partial charge in [0.25, 0.3) is 11.7 Å². The van der Waals surface area contributed by atoms with Crippen LogP contribution in [0.4, 0.5) is 5.69 Å². The fraction of sp³-hybridized carbons (Fsp3) is 0.207. The molecule has 1 heterocycles. The summed E-state index contributed by atoms with van der Waals surface area (Å²) in [6, 6.07) is 18.5. The van der Waals surface area contributed by atoms with Gasteiger partial charge in [-0.1, -0.05) is 49.4 Å². The van der Waals surface area contributed by atoms with E-state index in [2.05, 4.69) is 0 Å². The van der Waals surface area contributed by atoms with Gasteiger partial charge in [-0.3, -0.25) is 14.5 Å². The van der Waals surface area contributed by atoms with Gasteiger partial charge in [-0.2, -0.15) is 0 Å². The van der Waals surface area contributed by atoms with Crippen molar-refractivity contribution in [3.05, 3.63) is 101 Å². The second-order valence-corrected chi connectivity index (χ2v) is 8.82. The number of carbonyl (C=O) groups excluding carboxylic acids is 3. The number of nitrogens with zero attached hydrogens (tertiary/aromatic N) is 1. The number of esters is 1. The fourth-order valence-electron chi connectivity index (χ4n) is 4.19. The molecule has 0 saturated carbocycles. The van der Waals surface area contributed by atoms with E-state index in [1.54, 1.807) is 56.3 Å². The molecule has 1 saturated heterocycles. The highest BCUT2D eigenvalue weighted by atomic mass is 16.5.